The maximum absolute atomic E-state index is 11.0. The molecule has 0 aliphatic heterocycles. The van der Waals surface area contributed by atoms with E-state index in [-0.39, 0.29) is 5.92 Å². The quantitative estimate of drug-likeness (QED) is 0.666. The number of hydrogen-bond acceptors (Lipinski definition) is 2. The van der Waals surface area contributed by atoms with Crippen LogP contribution in [0.15, 0.2) is 48.5 Å². The van der Waals surface area contributed by atoms with Crippen molar-refractivity contribution >= 4 is 5.97 Å². The summed E-state index contributed by atoms with van der Waals surface area (Å²) in [6.07, 6.45) is 5.81. The number of aromatic carboxylic acids is 1. The minimum atomic E-state index is -0.903. The number of nitriles is 1. The largest absolute Gasteiger partial charge is 0.478 e. The predicted molar refractivity (Wildman–Crippen MR) is 95.2 cm³/mol. The van der Waals surface area contributed by atoms with E-state index in [0.717, 1.165) is 18.4 Å². The monoisotopic (exact) mass is 321 g/mol. The van der Waals surface area contributed by atoms with Gasteiger partial charge in [-0.15, -0.1) is 0 Å². The Bertz CT molecular complexity index is 696. The van der Waals surface area contributed by atoms with Crippen molar-refractivity contribution in [2.24, 2.45) is 0 Å². The van der Waals surface area contributed by atoms with E-state index >= 15 is 0 Å². The first kappa shape index (κ1) is 17.7. The van der Waals surface area contributed by atoms with Gasteiger partial charge in [0.1, 0.15) is 0 Å². The third-order valence-corrected chi connectivity index (χ3v) is 4.35. The lowest BCUT2D eigenvalue weighted by atomic mass is 9.86. The van der Waals surface area contributed by atoms with Crippen molar-refractivity contribution in [3.05, 3.63) is 70.8 Å². The van der Waals surface area contributed by atoms with E-state index in [1.165, 1.54) is 24.8 Å². The van der Waals surface area contributed by atoms with Crippen molar-refractivity contribution < 1.29 is 9.90 Å². The van der Waals surface area contributed by atoms with Crippen LogP contribution < -0.4 is 0 Å². The van der Waals surface area contributed by atoms with Crippen LogP contribution >= 0.6 is 0 Å². The number of carboxylic acids is 1. The molecule has 0 aromatic heterocycles. The molecule has 2 aromatic rings. The van der Waals surface area contributed by atoms with Crippen LogP contribution in [-0.2, 0) is 0 Å². The number of hydrogen-bond donors (Lipinski definition) is 1. The van der Waals surface area contributed by atoms with Crippen LogP contribution in [0.2, 0.25) is 0 Å². The average molecular weight is 321 g/mol. The summed E-state index contributed by atoms with van der Waals surface area (Å²) in [5, 5.41) is 18.0. The number of carbonyl (C=O) groups is 1. The van der Waals surface area contributed by atoms with Gasteiger partial charge in [0.05, 0.1) is 17.2 Å². The zero-order chi connectivity index (χ0) is 17.4. The lowest BCUT2D eigenvalue weighted by molar-refractivity contribution is 0.0697. The summed E-state index contributed by atoms with van der Waals surface area (Å²) in [4.78, 5) is 11.0. The predicted octanol–water partition coefficient (Wildman–Crippen LogP) is 5.36. The highest BCUT2D eigenvalue weighted by molar-refractivity contribution is 5.87. The van der Waals surface area contributed by atoms with E-state index in [1.54, 1.807) is 12.1 Å². The first-order chi connectivity index (χ1) is 11.7. The van der Waals surface area contributed by atoms with Crippen LogP contribution in [0.5, 0.6) is 0 Å². The van der Waals surface area contributed by atoms with E-state index in [2.05, 4.69) is 13.0 Å². The highest BCUT2D eigenvalue weighted by atomic mass is 16.4. The molecule has 2 rings (SSSR count). The summed E-state index contributed by atoms with van der Waals surface area (Å²) in [5.41, 5.74) is 3.27. The molecule has 0 aliphatic carbocycles. The van der Waals surface area contributed by atoms with E-state index < -0.39 is 5.97 Å². The summed E-state index contributed by atoms with van der Waals surface area (Å²) in [7, 11) is 0. The van der Waals surface area contributed by atoms with Crippen LogP contribution in [-0.4, -0.2) is 11.1 Å². The molecule has 1 atom stereocenters. The second-order valence-electron chi connectivity index (χ2n) is 6.06. The second-order valence-corrected chi connectivity index (χ2v) is 6.06. The fourth-order valence-electron chi connectivity index (χ4n) is 2.95. The Balaban J connectivity index is 2.23. The van der Waals surface area contributed by atoms with E-state index in [9.17, 15) is 4.79 Å². The molecule has 0 aliphatic rings. The van der Waals surface area contributed by atoms with Gasteiger partial charge in [-0.1, -0.05) is 56.9 Å². The minimum Gasteiger partial charge on any atom is -0.478 e. The fraction of sp³-hybridized carbons (Fsp3) is 0.333. The van der Waals surface area contributed by atoms with Crippen molar-refractivity contribution in [3.8, 4) is 6.07 Å². The summed E-state index contributed by atoms with van der Waals surface area (Å²) >= 11 is 0. The average Bonchev–Trinajstić information content (AvgIpc) is 2.62. The molecule has 1 N–H and O–H groups in total. The summed E-state index contributed by atoms with van der Waals surface area (Å²) in [5.74, 6) is -0.670. The zero-order valence-corrected chi connectivity index (χ0v) is 14.0. The van der Waals surface area contributed by atoms with Crippen molar-refractivity contribution in [2.45, 2.75) is 44.9 Å². The van der Waals surface area contributed by atoms with Crippen molar-refractivity contribution in [1.29, 1.82) is 5.26 Å². The van der Waals surface area contributed by atoms with Crippen molar-refractivity contribution in [2.75, 3.05) is 0 Å². The Morgan fingerprint density at radius 1 is 1.00 bits per heavy atom. The van der Waals surface area contributed by atoms with Gasteiger partial charge >= 0.3 is 5.97 Å². The molecule has 3 nitrogen and oxygen atoms in total. The molecule has 1 unspecified atom stereocenters. The maximum atomic E-state index is 11.0. The summed E-state index contributed by atoms with van der Waals surface area (Å²) < 4.78 is 0. The molecule has 0 bridgehead atoms. The molecule has 0 spiro atoms. The van der Waals surface area contributed by atoms with Gasteiger partial charge < -0.3 is 5.11 Å². The fourth-order valence-corrected chi connectivity index (χ4v) is 2.95. The number of carboxylic acid groups (broad SMARTS) is 1. The van der Waals surface area contributed by atoms with E-state index in [4.69, 9.17) is 10.4 Å². The van der Waals surface area contributed by atoms with Gasteiger partial charge in [-0.25, -0.2) is 4.79 Å². The smallest absolute Gasteiger partial charge is 0.335 e. The lowest BCUT2D eigenvalue weighted by Crippen LogP contribution is -2.03. The van der Waals surface area contributed by atoms with Gasteiger partial charge in [-0.05, 0) is 41.8 Å². The zero-order valence-electron chi connectivity index (χ0n) is 14.0. The highest BCUT2D eigenvalue weighted by Crippen LogP contribution is 2.30. The summed E-state index contributed by atoms with van der Waals surface area (Å²) in [6, 6.07) is 17.0. The minimum absolute atomic E-state index is 0.234. The second kappa shape index (κ2) is 8.88. The van der Waals surface area contributed by atoms with Gasteiger partial charge in [0.2, 0.25) is 0 Å². The Labute approximate surface area is 143 Å². The number of unbranched alkanes of at least 4 members (excludes halogenated alkanes) is 3. The van der Waals surface area contributed by atoms with Crippen LogP contribution in [0.3, 0.4) is 0 Å². The molecule has 0 saturated carbocycles. The molecule has 0 fully saturated rings. The first-order valence-electron chi connectivity index (χ1n) is 8.49. The molecular formula is C21H23NO2. The van der Waals surface area contributed by atoms with Crippen LogP contribution in [0.1, 0.15) is 72.0 Å². The normalized spacial score (nSPS) is 11.7. The molecule has 3 heteroatoms. The van der Waals surface area contributed by atoms with Gasteiger partial charge in [0.15, 0.2) is 0 Å². The molecular weight excluding hydrogens is 298 g/mol. The van der Waals surface area contributed by atoms with Gasteiger partial charge in [-0.3, -0.25) is 0 Å². The topological polar surface area (TPSA) is 61.1 Å². The molecule has 0 saturated heterocycles. The Morgan fingerprint density at radius 3 is 2.08 bits per heavy atom. The van der Waals surface area contributed by atoms with E-state index in [1.807, 2.05) is 36.4 Å². The standard InChI is InChI=1S/C21H23NO2/c1-2-3-4-5-6-20(17-9-7-16(15-22)8-10-17)18-11-13-19(14-12-18)21(23)24/h7-14,20H,2-6H2,1H3,(H,23,24). The Morgan fingerprint density at radius 2 is 1.58 bits per heavy atom. The van der Waals surface area contributed by atoms with Crippen LogP contribution in [0.4, 0.5) is 0 Å². The lowest BCUT2D eigenvalue weighted by Gasteiger charge is -2.18. The Hall–Kier alpha value is -2.60. The molecule has 0 heterocycles. The summed E-state index contributed by atoms with van der Waals surface area (Å²) in [6.45, 7) is 2.20. The highest BCUT2D eigenvalue weighted by Gasteiger charge is 2.15. The maximum Gasteiger partial charge on any atom is 0.335 e. The van der Waals surface area contributed by atoms with Gasteiger partial charge in [0, 0.05) is 5.92 Å². The van der Waals surface area contributed by atoms with E-state index in [0.29, 0.717) is 11.1 Å². The third kappa shape index (κ3) is 4.70. The van der Waals surface area contributed by atoms with Gasteiger partial charge in [-0.2, -0.15) is 5.26 Å². The van der Waals surface area contributed by atoms with Crippen molar-refractivity contribution in [3.63, 3.8) is 0 Å². The number of benzene rings is 2. The number of rotatable bonds is 8. The van der Waals surface area contributed by atoms with Crippen LogP contribution in [0.25, 0.3) is 0 Å². The first-order valence-corrected chi connectivity index (χ1v) is 8.49. The molecule has 0 radical (unpaired) electrons. The molecule has 124 valence electrons. The molecule has 2 aromatic carbocycles. The van der Waals surface area contributed by atoms with Gasteiger partial charge in [0.25, 0.3) is 0 Å². The molecule has 24 heavy (non-hydrogen) atoms. The molecule has 0 amide bonds. The van der Waals surface area contributed by atoms with Crippen molar-refractivity contribution in [1.82, 2.24) is 0 Å². The SMILES string of the molecule is CCCCCCC(c1ccc(C#N)cc1)c1ccc(C(=O)O)cc1. The van der Waals surface area contributed by atoms with Crippen LogP contribution in [0, 0.1) is 11.3 Å². The number of nitrogens with zero attached hydrogens (tertiary/aromatic N) is 1. The Kier molecular flexibility index (Phi) is 6.57. The third-order valence-electron chi connectivity index (χ3n) is 4.35.